The third-order valence-electron chi connectivity index (χ3n) is 5.83. The molecule has 3 aromatic rings. The van der Waals surface area contributed by atoms with Crippen molar-refractivity contribution >= 4 is 23.2 Å². The van der Waals surface area contributed by atoms with Gasteiger partial charge in [0.25, 0.3) is 5.91 Å². The van der Waals surface area contributed by atoms with E-state index in [0.29, 0.717) is 17.3 Å². The van der Waals surface area contributed by atoms with Crippen LogP contribution in [0.5, 0.6) is 0 Å². The number of pyridine rings is 1. The first kappa shape index (κ1) is 19.9. The molecule has 1 aromatic carbocycles. The minimum Gasteiger partial charge on any atom is -0.334 e. The lowest BCUT2D eigenvalue weighted by atomic mass is 10.0. The van der Waals surface area contributed by atoms with Crippen molar-refractivity contribution in [1.82, 2.24) is 19.2 Å². The molecule has 0 saturated carbocycles. The van der Waals surface area contributed by atoms with Gasteiger partial charge in [0.05, 0.1) is 10.7 Å². The lowest BCUT2D eigenvalue weighted by molar-refractivity contribution is 0.0586. The third-order valence-corrected chi connectivity index (χ3v) is 6.06. The Morgan fingerprint density at radius 2 is 1.90 bits per heavy atom. The molecule has 1 fully saturated rings. The van der Waals surface area contributed by atoms with Crippen LogP contribution in [0.2, 0.25) is 5.02 Å². The smallest absolute Gasteiger partial charge is 0.273 e. The number of nitrogens with zero attached hydrogens (tertiary/aromatic N) is 4. The fraction of sp³-hybridized carbons (Fsp3) is 0.391. The van der Waals surface area contributed by atoms with E-state index in [-0.39, 0.29) is 11.9 Å². The van der Waals surface area contributed by atoms with Crippen LogP contribution >= 0.6 is 11.6 Å². The van der Waals surface area contributed by atoms with E-state index in [1.165, 1.54) is 5.56 Å². The van der Waals surface area contributed by atoms with Crippen LogP contribution in [0.15, 0.2) is 48.7 Å². The average Bonchev–Trinajstić information content (AvgIpc) is 3.05. The van der Waals surface area contributed by atoms with Crippen molar-refractivity contribution in [3.63, 3.8) is 0 Å². The summed E-state index contributed by atoms with van der Waals surface area (Å²) in [5, 5.41) is 0.596. The number of carbonyl (C=O) groups is 1. The van der Waals surface area contributed by atoms with Crippen LogP contribution in [0.3, 0.4) is 0 Å². The molecule has 0 radical (unpaired) electrons. The highest BCUT2D eigenvalue weighted by atomic mass is 35.5. The van der Waals surface area contributed by atoms with E-state index in [9.17, 15) is 4.79 Å². The van der Waals surface area contributed by atoms with Crippen molar-refractivity contribution in [2.45, 2.75) is 32.2 Å². The number of hydrogen-bond donors (Lipinski definition) is 0. The number of likely N-dealkylation sites (tertiary alicyclic amines) is 1. The third kappa shape index (κ3) is 4.31. The number of aromatic nitrogens is 2. The Morgan fingerprint density at radius 3 is 2.62 bits per heavy atom. The number of carbonyl (C=O) groups excluding carboxylic acids is 1. The molecule has 29 heavy (non-hydrogen) atoms. The quantitative estimate of drug-likeness (QED) is 0.636. The zero-order chi connectivity index (χ0) is 20.4. The minimum atomic E-state index is 0.0442. The van der Waals surface area contributed by atoms with Gasteiger partial charge in [0.1, 0.15) is 11.3 Å². The molecule has 1 amide bonds. The van der Waals surface area contributed by atoms with Crippen molar-refractivity contribution in [3.05, 3.63) is 70.6 Å². The number of fused-ring (bicyclic) bond motifs is 1. The van der Waals surface area contributed by atoms with Gasteiger partial charge in [-0.1, -0.05) is 41.9 Å². The van der Waals surface area contributed by atoms with Crippen LogP contribution in [-0.4, -0.2) is 57.8 Å². The van der Waals surface area contributed by atoms with Gasteiger partial charge < -0.3 is 9.80 Å². The summed E-state index contributed by atoms with van der Waals surface area (Å²) >= 11 is 6.21. The largest absolute Gasteiger partial charge is 0.334 e. The molecular weight excluding hydrogens is 384 g/mol. The zero-order valence-electron chi connectivity index (χ0n) is 17.0. The fourth-order valence-corrected chi connectivity index (χ4v) is 4.34. The van der Waals surface area contributed by atoms with Crippen molar-refractivity contribution in [2.75, 3.05) is 26.7 Å². The predicted molar refractivity (Wildman–Crippen MR) is 117 cm³/mol. The summed E-state index contributed by atoms with van der Waals surface area (Å²) in [7, 11) is 2.14. The van der Waals surface area contributed by atoms with Gasteiger partial charge in [-0.05, 0) is 64.0 Å². The van der Waals surface area contributed by atoms with Crippen molar-refractivity contribution < 1.29 is 4.79 Å². The molecule has 152 valence electrons. The molecule has 3 heterocycles. The molecule has 2 aromatic heterocycles. The van der Waals surface area contributed by atoms with E-state index < -0.39 is 0 Å². The van der Waals surface area contributed by atoms with Gasteiger partial charge in [0.2, 0.25) is 0 Å². The van der Waals surface area contributed by atoms with Gasteiger partial charge in [-0.3, -0.25) is 9.20 Å². The van der Waals surface area contributed by atoms with Crippen LogP contribution in [0.25, 0.3) is 5.65 Å². The number of rotatable bonds is 5. The molecular formula is C23H27ClN4O. The first-order chi connectivity index (χ1) is 14.0. The molecule has 0 atom stereocenters. The number of hydrogen-bond acceptors (Lipinski definition) is 3. The van der Waals surface area contributed by atoms with E-state index in [1.54, 1.807) is 6.20 Å². The molecule has 5 nitrogen and oxygen atoms in total. The van der Waals surface area contributed by atoms with Gasteiger partial charge >= 0.3 is 0 Å². The van der Waals surface area contributed by atoms with Crippen LogP contribution in [0.4, 0.5) is 0 Å². The Kier molecular flexibility index (Phi) is 5.88. The van der Waals surface area contributed by atoms with Crippen LogP contribution in [0, 0.1) is 6.92 Å². The van der Waals surface area contributed by atoms with Gasteiger partial charge in [-0.15, -0.1) is 0 Å². The normalized spacial score (nSPS) is 15.7. The second-order valence-corrected chi connectivity index (χ2v) is 8.33. The maximum absolute atomic E-state index is 13.8. The van der Waals surface area contributed by atoms with E-state index in [4.69, 9.17) is 11.6 Å². The standard InChI is InChI=1S/C23H27ClN4O/c1-17-22(28-16-19(24)8-9-21(28)25-17)23(29)27(20-11-13-26(2)14-12-20)15-10-18-6-4-3-5-7-18/h3-9,16,20H,10-15H2,1-2H3. The molecule has 0 unspecified atom stereocenters. The molecule has 0 bridgehead atoms. The number of aryl methyl sites for hydroxylation is 1. The average molecular weight is 411 g/mol. The highest BCUT2D eigenvalue weighted by molar-refractivity contribution is 6.30. The zero-order valence-corrected chi connectivity index (χ0v) is 17.8. The molecule has 1 saturated heterocycles. The topological polar surface area (TPSA) is 40.9 Å². The predicted octanol–water partition coefficient (Wildman–Crippen LogP) is 4.08. The summed E-state index contributed by atoms with van der Waals surface area (Å²) in [6, 6.07) is 14.3. The molecule has 1 aliphatic heterocycles. The van der Waals surface area contributed by atoms with E-state index in [0.717, 1.165) is 43.7 Å². The van der Waals surface area contributed by atoms with Gasteiger partial charge in [-0.2, -0.15) is 0 Å². The van der Waals surface area contributed by atoms with Crippen molar-refractivity contribution in [3.8, 4) is 0 Å². The second-order valence-electron chi connectivity index (χ2n) is 7.89. The summed E-state index contributed by atoms with van der Waals surface area (Å²) in [5.74, 6) is 0.0442. The van der Waals surface area contributed by atoms with Gasteiger partial charge in [0, 0.05) is 18.8 Å². The van der Waals surface area contributed by atoms with E-state index in [2.05, 4.69) is 34.0 Å². The number of halogens is 1. The number of benzene rings is 1. The Morgan fingerprint density at radius 1 is 1.17 bits per heavy atom. The molecule has 1 aliphatic rings. The Labute approximate surface area is 176 Å². The van der Waals surface area contributed by atoms with Crippen LogP contribution in [-0.2, 0) is 6.42 Å². The van der Waals surface area contributed by atoms with Gasteiger partial charge in [0.15, 0.2) is 0 Å². The first-order valence-corrected chi connectivity index (χ1v) is 10.6. The van der Waals surface area contributed by atoms with E-state index in [1.807, 2.05) is 41.7 Å². The monoisotopic (exact) mass is 410 g/mol. The lowest BCUT2D eigenvalue weighted by Crippen LogP contribution is -2.47. The Bertz CT molecular complexity index is 993. The molecule has 6 heteroatoms. The summed E-state index contributed by atoms with van der Waals surface area (Å²) in [6.07, 6.45) is 4.62. The summed E-state index contributed by atoms with van der Waals surface area (Å²) in [5.41, 5.74) is 3.36. The number of amides is 1. The van der Waals surface area contributed by atoms with Crippen molar-refractivity contribution in [2.24, 2.45) is 0 Å². The van der Waals surface area contributed by atoms with Crippen molar-refractivity contribution in [1.29, 1.82) is 0 Å². The molecule has 0 spiro atoms. The molecule has 4 rings (SSSR count). The first-order valence-electron chi connectivity index (χ1n) is 10.2. The highest BCUT2D eigenvalue weighted by Gasteiger charge is 2.30. The Balaban J connectivity index is 1.65. The van der Waals surface area contributed by atoms with E-state index >= 15 is 0 Å². The maximum atomic E-state index is 13.8. The minimum absolute atomic E-state index is 0.0442. The fourth-order valence-electron chi connectivity index (χ4n) is 4.18. The maximum Gasteiger partial charge on any atom is 0.273 e. The van der Waals surface area contributed by atoms with Crippen LogP contribution in [0.1, 0.15) is 34.6 Å². The van der Waals surface area contributed by atoms with Gasteiger partial charge in [-0.25, -0.2) is 4.98 Å². The summed E-state index contributed by atoms with van der Waals surface area (Å²) in [4.78, 5) is 22.7. The summed E-state index contributed by atoms with van der Waals surface area (Å²) < 4.78 is 1.84. The Hall–Kier alpha value is -2.37. The highest BCUT2D eigenvalue weighted by Crippen LogP contribution is 2.23. The molecule has 0 N–H and O–H groups in total. The SMILES string of the molecule is Cc1nc2ccc(Cl)cn2c1C(=O)N(CCc1ccccc1)C1CCN(C)CC1. The van der Waals surface area contributed by atoms with Crippen LogP contribution < -0.4 is 0 Å². The number of imidazole rings is 1. The lowest BCUT2D eigenvalue weighted by Gasteiger charge is -2.37. The second kappa shape index (κ2) is 8.56. The molecule has 0 aliphatic carbocycles. The number of piperidine rings is 1. The summed E-state index contributed by atoms with van der Waals surface area (Å²) in [6.45, 7) is 4.62.